The molecule has 1 aromatic carbocycles. The van der Waals surface area contributed by atoms with Crippen LogP contribution in [0.3, 0.4) is 0 Å². The summed E-state index contributed by atoms with van der Waals surface area (Å²) < 4.78 is 6.70. The quantitative estimate of drug-likeness (QED) is 0.888. The molecule has 1 heterocycles. The van der Waals surface area contributed by atoms with Gasteiger partial charge in [0.25, 0.3) is 6.01 Å². The summed E-state index contributed by atoms with van der Waals surface area (Å²) in [6, 6.07) is 7.04. The highest BCUT2D eigenvalue weighted by molar-refractivity contribution is 9.10. The number of aromatic nitrogens is 1. The second-order valence-corrected chi connectivity index (χ2v) is 6.44. The van der Waals surface area contributed by atoms with E-state index in [1.807, 2.05) is 18.2 Å². The molecule has 0 unspecified atom stereocenters. The van der Waals surface area contributed by atoms with Crippen LogP contribution in [-0.4, -0.2) is 23.0 Å². The van der Waals surface area contributed by atoms with Crippen molar-refractivity contribution >= 4 is 39.0 Å². The molecule has 0 bridgehead atoms. The topological polar surface area (TPSA) is 67.2 Å². The molecule has 1 amide bonds. The molecule has 1 aliphatic carbocycles. The third kappa shape index (κ3) is 3.56. The Morgan fingerprint density at radius 2 is 2.00 bits per heavy atom. The summed E-state index contributed by atoms with van der Waals surface area (Å²) in [5.74, 6) is 0.0518. The molecule has 1 aliphatic rings. The summed E-state index contributed by atoms with van der Waals surface area (Å²) in [5.41, 5.74) is 1.63. The number of rotatable bonds is 3. The van der Waals surface area contributed by atoms with Gasteiger partial charge in [0.15, 0.2) is 5.58 Å². The number of hydrogen-bond acceptors (Lipinski definition) is 4. The zero-order valence-electron chi connectivity index (χ0n) is 11.9. The minimum absolute atomic E-state index is 0.0518. The Hall–Kier alpha value is -1.56. The third-order valence-electron chi connectivity index (χ3n) is 3.81. The van der Waals surface area contributed by atoms with Gasteiger partial charge in [-0.15, -0.1) is 0 Å². The predicted molar refractivity (Wildman–Crippen MR) is 85.2 cm³/mol. The van der Waals surface area contributed by atoms with E-state index in [1.54, 1.807) is 6.92 Å². The fourth-order valence-corrected chi connectivity index (χ4v) is 3.14. The van der Waals surface area contributed by atoms with Crippen molar-refractivity contribution in [1.29, 1.82) is 0 Å². The SMILES string of the molecule is CC(=O)NC1CCC(Nc2nc3ccc(Br)cc3o2)CC1. The van der Waals surface area contributed by atoms with Crippen LogP contribution in [0.5, 0.6) is 0 Å². The van der Waals surface area contributed by atoms with Gasteiger partial charge in [0.2, 0.25) is 5.91 Å². The van der Waals surface area contributed by atoms with Gasteiger partial charge >= 0.3 is 0 Å². The Labute approximate surface area is 131 Å². The number of carbonyl (C=O) groups is 1. The van der Waals surface area contributed by atoms with E-state index in [2.05, 4.69) is 31.5 Å². The van der Waals surface area contributed by atoms with Crippen LogP contribution in [0, 0.1) is 0 Å². The van der Waals surface area contributed by atoms with Crippen LogP contribution in [0.25, 0.3) is 11.1 Å². The lowest BCUT2D eigenvalue weighted by Crippen LogP contribution is -2.39. The predicted octanol–water partition coefficient (Wildman–Crippen LogP) is 3.45. The second-order valence-electron chi connectivity index (χ2n) is 5.52. The maximum Gasteiger partial charge on any atom is 0.295 e. The molecule has 1 fully saturated rings. The van der Waals surface area contributed by atoms with Crippen LogP contribution in [0.2, 0.25) is 0 Å². The highest BCUT2D eigenvalue weighted by Crippen LogP contribution is 2.26. The number of nitrogens with one attached hydrogen (secondary N) is 2. The van der Waals surface area contributed by atoms with E-state index in [0.29, 0.717) is 18.1 Å². The average Bonchev–Trinajstić information content (AvgIpc) is 2.82. The summed E-state index contributed by atoms with van der Waals surface area (Å²) in [5, 5.41) is 6.34. The standard InChI is InChI=1S/C15H18BrN3O2/c1-9(20)17-11-3-5-12(6-4-11)18-15-19-13-7-2-10(16)8-14(13)21-15/h2,7-8,11-12H,3-6H2,1H3,(H,17,20)(H,18,19). The number of carbonyl (C=O) groups excluding carboxylic acids is 1. The number of oxazole rings is 1. The molecule has 21 heavy (non-hydrogen) atoms. The Balaban J connectivity index is 1.60. The molecule has 0 aliphatic heterocycles. The zero-order valence-corrected chi connectivity index (χ0v) is 13.4. The molecule has 2 N–H and O–H groups in total. The minimum atomic E-state index is 0.0518. The van der Waals surface area contributed by atoms with Gasteiger partial charge in [0, 0.05) is 23.5 Å². The first kappa shape index (κ1) is 14.4. The van der Waals surface area contributed by atoms with Crippen LogP contribution in [0.15, 0.2) is 27.1 Å². The smallest absolute Gasteiger partial charge is 0.295 e. The van der Waals surface area contributed by atoms with Crippen LogP contribution in [0.4, 0.5) is 6.01 Å². The molecule has 112 valence electrons. The second kappa shape index (κ2) is 6.05. The van der Waals surface area contributed by atoms with E-state index in [0.717, 1.165) is 41.3 Å². The summed E-state index contributed by atoms with van der Waals surface area (Å²) >= 11 is 3.42. The van der Waals surface area contributed by atoms with E-state index >= 15 is 0 Å². The van der Waals surface area contributed by atoms with Crippen molar-refractivity contribution in [2.45, 2.75) is 44.7 Å². The monoisotopic (exact) mass is 351 g/mol. The summed E-state index contributed by atoms with van der Waals surface area (Å²) in [6.07, 6.45) is 3.99. The molecule has 5 nitrogen and oxygen atoms in total. The lowest BCUT2D eigenvalue weighted by molar-refractivity contribution is -0.119. The fourth-order valence-electron chi connectivity index (χ4n) is 2.80. The Morgan fingerprint density at radius 1 is 1.29 bits per heavy atom. The summed E-state index contributed by atoms with van der Waals surface area (Å²) in [7, 11) is 0. The Bertz CT molecular complexity index is 647. The van der Waals surface area contributed by atoms with Crippen LogP contribution in [0.1, 0.15) is 32.6 Å². The summed E-state index contributed by atoms with van der Waals surface area (Å²) in [6.45, 7) is 1.57. The molecule has 0 radical (unpaired) electrons. The molecule has 1 aromatic heterocycles. The summed E-state index contributed by atoms with van der Waals surface area (Å²) in [4.78, 5) is 15.5. The van der Waals surface area contributed by atoms with Gasteiger partial charge in [-0.05, 0) is 43.9 Å². The number of halogens is 1. The first-order valence-electron chi connectivity index (χ1n) is 7.20. The molecule has 0 spiro atoms. The number of amides is 1. The highest BCUT2D eigenvalue weighted by Gasteiger charge is 2.22. The van der Waals surface area contributed by atoms with Crippen LogP contribution >= 0.6 is 15.9 Å². The van der Waals surface area contributed by atoms with E-state index in [4.69, 9.17) is 4.42 Å². The molecule has 2 aromatic rings. The molecule has 6 heteroatoms. The van der Waals surface area contributed by atoms with Crippen molar-refractivity contribution in [3.05, 3.63) is 22.7 Å². The van der Waals surface area contributed by atoms with Crippen molar-refractivity contribution < 1.29 is 9.21 Å². The van der Waals surface area contributed by atoms with Gasteiger partial charge in [-0.2, -0.15) is 4.98 Å². The van der Waals surface area contributed by atoms with Crippen molar-refractivity contribution in [2.24, 2.45) is 0 Å². The number of anilines is 1. The fraction of sp³-hybridized carbons (Fsp3) is 0.467. The van der Waals surface area contributed by atoms with Gasteiger partial charge in [-0.1, -0.05) is 15.9 Å². The van der Waals surface area contributed by atoms with Gasteiger partial charge < -0.3 is 15.1 Å². The van der Waals surface area contributed by atoms with E-state index in [-0.39, 0.29) is 5.91 Å². The van der Waals surface area contributed by atoms with Crippen molar-refractivity contribution in [1.82, 2.24) is 10.3 Å². The maximum absolute atomic E-state index is 11.1. The Morgan fingerprint density at radius 3 is 2.71 bits per heavy atom. The molecular weight excluding hydrogens is 334 g/mol. The highest BCUT2D eigenvalue weighted by atomic mass is 79.9. The largest absolute Gasteiger partial charge is 0.424 e. The van der Waals surface area contributed by atoms with Crippen LogP contribution < -0.4 is 10.6 Å². The third-order valence-corrected chi connectivity index (χ3v) is 4.31. The normalized spacial score (nSPS) is 22.2. The lowest BCUT2D eigenvalue weighted by Gasteiger charge is -2.28. The van der Waals surface area contributed by atoms with E-state index in [9.17, 15) is 4.79 Å². The Kier molecular flexibility index (Phi) is 4.14. The van der Waals surface area contributed by atoms with Crippen molar-refractivity contribution in [3.63, 3.8) is 0 Å². The molecule has 3 rings (SSSR count). The van der Waals surface area contributed by atoms with E-state index in [1.165, 1.54) is 0 Å². The average molecular weight is 352 g/mol. The zero-order chi connectivity index (χ0) is 14.8. The van der Waals surface area contributed by atoms with E-state index < -0.39 is 0 Å². The molecular formula is C15H18BrN3O2. The minimum Gasteiger partial charge on any atom is -0.424 e. The molecule has 1 saturated carbocycles. The van der Waals surface area contributed by atoms with Crippen molar-refractivity contribution in [3.8, 4) is 0 Å². The van der Waals surface area contributed by atoms with Gasteiger partial charge in [0.1, 0.15) is 5.52 Å². The number of fused-ring (bicyclic) bond motifs is 1. The maximum atomic E-state index is 11.1. The van der Waals surface area contributed by atoms with Crippen LogP contribution in [-0.2, 0) is 4.79 Å². The number of hydrogen-bond donors (Lipinski definition) is 2. The molecule has 0 saturated heterocycles. The van der Waals surface area contributed by atoms with Gasteiger partial charge in [-0.3, -0.25) is 4.79 Å². The lowest BCUT2D eigenvalue weighted by atomic mass is 9.91. The number of nitrogens with zero attached hydrogens (tertiary/aromatic N) is 1. The van der Waals surface area contributed by atoms with Crippen molar-refractivity contribution in [2.75, 3.05) is 5.32 Å². The van der Waals surface area contributed by atoms with Gasteiger partial charge in [-0.25, -0.2) is 0 Å². The first-order valence-corrected chi connectivity index (χ1v) is 7.99. The van der Waals surface area contributed by atoms with Gasteiger partial charge in [0.05, 0.1) is 0 Å². The number of benzene rings is 1. The molecule has 0 atom stereocenters. The first-order chi connectivity index (χ1) is 10.1.